The Hall–Kier alpha value is -3.00. The molecule has 1 heterocycles. The first kappa shape index (κ1) is 19.8. The Labute approximate surface area is 166 Å². The number of amides is 2. The number of carbonyl (C=O) groups excluding carboxylic acids is 2. The number of hydrogen-bond acceptors (Lipinski definition) is 6. The summed E-state index contributed by atoms with van der Waals surface area (Å²) < 4.78 is 23.8. The number of carbonyl (C=O) groups is 2. The van der Waals surface area contributed by atoms with E-state index in [9.17, 15) is 14.0 Å². The Balaban J connectivity index is 1.76. The van der Waals surface area contributed by atoms with Crippen LogP contribution in [0.4, 0.5) is 14.9 Å². The Kier molecular flexibility index (Phi) is 5.89. The van der Waals surface area contributed by atoms with Crippen LogP contribution in [-0.4, -0.2) is 36.9 Å². The second-order valence-electron chi connectivity index (χ2n) is 6.02. The van der Waals surface area contributed by atoms with E-state index in [2.05, 4.69) is 5.32 Å². The molecule has 1 fully saturated rings. The fraction of sp³-hybridized carbons (Fsp3) is 0.200. The Morgan fingerprint density at radius 3 is 2.57 bits per heavy atom. The normalized spacial score (nSPS) is 15.3. The molecule has 1 N–H and O–H groups in total. The summed E-state index contributed by atoms with van der Waals surface area (Å²) >= 11 is 0.855. The molecule has 2 aromatic rings. The van der Waals surface area contributed by atoms with Crippen molar-refractivity contribution >= 4 is 34.7 Å². The number of nitrogens with zero attached hydrogens (tertiary/aromatic N) is 1. The predicted molar refractivity (Wildman–Crippen MR) is 107 cm³/mol. The maximum absolute atomic E-state index is 13.4. The average molecular weight is 402 g/mol. The minimum Gasteiger partial charge on any atom is -0.493 e. The van der Waals surface area contributed by atoms with Gasteiger partial charge in [0, 0.05) is 5.69 Å². The molecule has 0 aliphatic carbocycles. The van der Waals surface area contributed by atoms with E-state index in [1.807, 2.05) is 6.92 Å². The van der Waals surface area contributed by atoms with E-state index in [0.717, 1.165) is 22.2 Å². The molecule has 1 aliphatic rings. The summed E-state index contributed by atoms with van der Waals surface area (Å²) in [6.07, 6.45) is 1.63. The largest absolute Gasteiger partial charge is 0.493 e. The first-order chi connectivity index (χ1) is 13.4. The monoisotopic (exact) mass is 402 g/mol. The number of aryl methyl sites for hydroxylation is 1. The van der Waals surface area contributed by atoms with Crippen molar-refractivity contribution in [2.75, 3.05) is 26.2 Å². The lowest BCUT2D eigenvalue weighted by Gasteiger charge is -2.16. The highest BCUT2D eigenvalue weighted by molar-refractivity contribution is 8.18. The fourth-order valence-corrected chi connectivity index (χ4v) is 3.52. The van der Waals surface area contributed by atoms with E-state index in [-0.39, 0.29) is 6.67 Å². The van der Waals surface area contributed by atoms with Gasteiger partial charge in [-0.3, -0.25) is 14.5 Å². The number of rotatable bonds is 6. The van der Waals surface area contributed by atoms with Crippen molar-refractivity contribution in [3.63, 3.8) is 0 Å². The van der Waals surface area contributed by atoms with Gasteiger partial charge in [-0.25, -0.2) is 4.39 Å². The van der Waals surface area contributed by atoms with Gasteiger partial charge in [0.1, 0.15) is 5.82 Å². The molecule has 6 nitrogen and oxygen atoms in total. The Morgan fingerprint density at radius 1 is 1.11 bits per heavy atom. The molecule has 0 unspecified atom stereocenters. The van der Waals surface area contributed by atoms with Gasteiger partial charge in [-0.05, 0) is 60.2 Å². The number of anilines is 1. The molecule has 0 atom stereocenters. The van der Waals surface area contributed by atoms with E-state index < -0.39 is 17.0 Å². The number of benzene rings is 2. The molecule has 3 rings (SSSR count). The Morgan fingerprint density at radius 2 is 1.86 bits per heavy atom. The van der Waals surface area contributed by atoms with Gasteiger partial charge in [-0.15, -0.1) is 0 Å². The van der Waals surface area contributed by atoms with Crippen molar-refractivity contribution in [1.82, 2.24) is 4.90 Å². The van der Waals surface area contributed by atoms with Crippen molar-refractivity contribution in [1.29, 1.82) is 0 Å². The highest BCUT2D eigenvalue weighted by Gasteiger charge is 2.34. The highest BCUT2D eigenvalue weighted by Crippen LogP contribution is 2.34. The lowest BCUT2D eigenvalue weighted by Crippen LogP contribution is -2.33. The van der Waals surface area contributed by atoms with E-state index in [4.69, 9.17) is 9.47 Å². The summed E-state index contributed by atoms with van der Waals surface area (Å²) in [5.41, 5.74) is 2.05. The van der Waals surface area contributed by atoms with Crippen molar-refractivity contribution in [2.45, 2.75) is 6.92 Å². The van der Waals surface area contributed by atoms with E-state index in [1.165, 1.54) is 26.4 Å². The van der Waals surface area contributed by atoms with Crippen molar-refractivity contribution in [3.05, 3.63) is 58.2 Å². The van der Waals surface area contributed by atoms with Crippen LogP contribution in [0.1, 0.15) is 11.1 Å². The first-order valence-corrected chi connectivity index (χ1v) is 9.22. The molecular weight excluding hydrogens is 383 g/mol. The topological polar surface area (TPSA) is 67.9 Å². The van der Waals surface area contributed by atoms with Gasteiger partial charge < -0.3 is 14.8 Å². The van der Waals surface area contributed by atoms with Gasteiger partial charge in [-0.1, -0.05) is 12.1 Å². The number of nitrogens with one attached hydrogen (secondary N) is 1. The maximum atomic E-state index is 13.4. The van der Waals surface area contributed by atoms with Gasteiger partial charge in [0.05, 0.1) is 25.8 Å². The van der Waals surface area contributed by atoms with Crippen LogP contribution in [0.25, 0.3) is 6.08 Å². The molecule has 0 radical (unpaired) electrons. The molecule has 28 heavy (non-hydrogen) atoms. The lowest BCUT2D eigenvalue weighted by molar-refractivity contribution is -0.122. The molecule has 1 aliphatic heterocycles. The van der Waals surface area contributed by atoms with Gasteiger partial charge in [-0.2, -0.15) is 0 Å². The number of ether oxygens (including phenoxy) is 2. The van der Waals surface area contributed by atoms with Crippen LogP contribution in [0.5, 0.6) is 11.5 Å². The van der Waals surface area contributed by atoms with Crippen molar-refractivity contribution < 1.29 is 23.5 Å². The van der Waals surface area contributed by atoms with Crippen LogP contribution >= 0.6 is 11.8 Å². The zero-order chi connectivity index (χ0) is 20.3. The smallest absolute Gasteiger partial charge is 0.295 e. The molecule has 146 valence electrons. The minimum atomic E-state index is -0.411. The van der Waals surface area contributed by atoms with Gasteiger partial charge in [0.15, 0.2) is 11.5 Å². The summed E-state index contributed by atoms with van der Waals surface area (Å²) in [5.74, 6) is 0.295. The van der Waals surface area contributed by atoms with Gasteiger partial charge in [0.25, 0.3) is 11.1 Å². The maximum Gasteiger partial charge on any atom is 0.295 e. The van der Waals surface area contributed by atoms with E-state index in [0.29, 0.717) is 27.7 Å². The molecular formula is C20H19FN2O4S. The second-order valence-corrected chi connectivity index (χ2v) is 7.01. The van der Waals surface area contributed by atoms with Crippen LogP contribution in [0.3, 0.4) is 0 Å². The van der Waals surface area contributed by atoms with Crippen LogP contribution in [0.2, 0.25) is 0 Å². The molecule has 2 aromatic carbocycles. The third kappa shape index (κ3) is 4.12. The number of thioether (sulfide) groups is 1. The highest BCUT2D eigenvalue weighted by atomic mass is 32.2. The van der Waals surface area contributed by atoms with Crippen LogP contribution < -0.4 is 14.8 Å². The number of imide groups is 1. The van der Waals surface area contributed by atoms with Crippen LogP contribution in [0, 0.1) is 12.7 Å². The third-order valence-electron chi connectivity index (χ3n) is 4.21. The van der Waals surface area contributed by atoms with E-state index in [1.54, 1.807) is 30.3 Å². The zero-order valence-electron chi connectivity index (χ0n) is 15.6. The SMILES string of the molecule is COc1ccc(/C=C2\SC(=O)N(CNc3cc(F)ccc3C)C2=O)cc1OC. The Bertz CT molecular complexity index is 961. The summed E-state index contributed by atoms with van der Waals surface area (Å²) in [4.78, 5) is 26.3. The summed E-state index contributed by atoms with van der Waals surface area (Å²) in [5, 5.41) is 2.55. The number of methoxy groups -OCH3 is 2. The number of halogens is 1. The molecule has 0 saturated carbocycles. The quantitative estimate of drug-likeness (QED) is 0.729. The summed E-state index contributed by atoms with van der Waals surface area (Å²) in [7, 11) is 3.06. The summed E-state index contributed by atoms with van der Waals surface area (Å²) in [6.45, 7) is 1.77. The molecule has 0 bridgehead atoms. The lowest BCUT2D eigenvalue weighted by atomic mass is 10.2. The molecule has 0 aromatic heterocycles. The van der Waals surface area contributed by atoms with Crippen molar-refractivity contribution in [2.24, 2.45) is 0 Å². The summed E-state index contributed by atoms with van der Waals surface area (Å²) in [6, 6.07) is 9.52. The molecule has 8 heteroatoms. The van der Waals surface area contributed by atoms with Crippen LogP contribution in [0.15, 0.2) is 41.3 Å². The second kappa shape index (κ2) is 8.35. The molecule has 2 amide bonds. The predicted octanol–water partition coefficient (Wildman–Crippen LogP) is 4.26. The number of hydrogen-bond donors (Lipinski definition) is 1. The van der Waals surface area contributed by atoms with Crippen molar-refractivity contribution in [3.8, 4) is 11.5 Å². The van der Waals surface area contributed by atoms with Gasteiger partial charge in [0.2, 0.25) is 0 Å². The zero-order valence-corrected chi connectivity index (χ0v) is 16.4. The van der Waals surface area contributed by atoms with E-state index >= 15 is 0 Å². The molecule has 1 saturated heterocycles. The fourth-order valence-electron chi connectivity index (χ4n) is 2.68. The standard InChI is InChI=1S/C20H19FN2O4S/c1-12-4-6-14(21)10-15(12)22-11-23-19(24)18(28-20(23)25)9-13-5-7-16(26-2)17(8-13)27-3/h4-10,22H,11H2,1-3H3/b18-9-. The average Bonchev–Trinajstić information content (AvgIpc) is 2.95. The van der Waals surface area contributed by atoms with Crippen LogP contribution in [-0.2, 0) is 4.79 Å². The third-order valence-corrected chi connectivity index (χ3v) is 5.11. The first-order valence-electron chi connectivity index (χ1n) is 8.40. The minimum absolute atomic E-state index is 0.0434. The molecule has 0 spiro atoms. The van der Waals surface area contributed by atoms with Gasteiger partial charge >= 0.3 is 0 Å².